The molecule has 1 N–H and O–H groups in total. The maximum absolute atomic E-state index is 13.1. The van der Waals surface area contributed by atoms with E-state index in [4.69, 9.17) is 0 Å². The molecule has 2 heterocycles. The van der Waals surface area contributed by atoms with Crippen molar-refractivity contribution in [2.24, 2.45) is 0 Å². The number of benzene rings is 2. The van der Waals surface area contributed by atoms with Gasteiger partial charge in [-0.3, -0.25) is 14.9 Å². The maximum atomic E-state index is 13.1. The monoisotopic (exact) mass is 413 g/mol. The summed E-state index contributed by atoms with van der Waals surface area (Å²) in [6.45, 7) is 4.66. The number of aromatic nitrogens is 1. The second kappa shape index (κ2) is 8.44. The van der Waals surface area contributed by atoms with Gasteiger partial charge in [0.25, 0.3) is 11.8 Å². The second-order valence-corrected chi connectivity index (χ2v) is 7.53. The van der Waals surface area contributed by atoms with Gasteiger partial charge in [-0.2, -0.15) is 0 Å². The van der Waals surface area contributed by atoms with Crippen LogP contribution in [0.1, 0.15) is 29.3 Å². The van der Waals surface area contributed by atoms with Crippen LogP contribution in [-0.4, -0.2) is 22.4 Å². The third-order valence-electron chi connectivity index (χ3n) is 5.30. The van der Waals surface area contributed by atoms with Crippen LogP contribution in [0, 0.1) is 6.92 Å². The lowest BCUT2D eigenvalue weighted by Crippen LogP contribution is -2.54. The largest absolute Gasteiger partial charge is 0.344 e. The van der Waals surface area contributed by atoms with Crippen molar-refractivity contribution in [1.29, 1.82) is 0 Å². The van der Waals surface area contributed by atoms with Crippen molar-refractivity contribution in [3.63, 3.8) is 0 Å². The van der Waals surface area contributed by atoms with Crippen LogP contribution in [0.4, 0.5) is 10.5 Å². The van der Waals surface area contributed by atoms with E-state index in [0.29, 0.717) is 17.9 Å². The van der Waals surface area contributed by atoms with E-state index in [2.05, 4.69) is 11.4 Å². The van der Waals surface area contributed by atoms with Crippen LogP contribution in [-0.2, 0) is 22.6 Å². The molecule has 0 atom stereocenters. The number of carbonyl (C=O) groups is 3. The van der Waals surface area contributed by atoms with Gasteiger partial charge in [0.05, 0.1) is 5.69 Å². The van der Waals surface area contributed by atoms with Crippen molar-refractivity contribution in [1.82, 2.24) is 9.88 Å². The summed E-state index contributed by atoms with van der Waals surface area (Å²) in [5, 5.41) is 2.28. The third-order valence-corrected chi connectivity index (χ3v) is 5.30. The zero-order valence-corrected chi connectivity index (χ0v) is 17.5. The van der Waals surface area contributed by atoms with Gasteiger partial charge >= 0.3 is 6.03 Å². The molecule has 6 nitrogen and oxygen atoms in total. The van der Waals surface area contributed by atoms with Gasteiger partial charge in [-0.25, -0.2) is 9.69 Å². The Morgan fingerprint density at radius 1 is 0.935 bits per heavy atom. The molecule has 31 heavy (non-hydrogen) atoms. The molecular weight excluding hydrogens is 390 g/mol. The van der Waals surface area contributed by atoms with Gasteiger partial charge in [-0.15, -0.1) is 0 Å². The fourth-order valence-corrected chi connectivity index (χ4v) is 3.63. The Hall–Kier alpha value is -3.93. The number of barbiturate groups is 1. The van der Waals surface area contributed by atoms with Crippen molar-refractivity contribution in [3.8, 4) is 0 Å². The maximum Gasteiger partial charge on any atom is 0.335 e. The number of hydrogen-bond donors (Lipinski definition) is 1. The molecule has 1 aliphatic rings. The smallest absolute Gasteiger partial charge is 0.335 e. The molecule has 0 spiro atoms. The van der Waals surface area contributed by atoms with E-state index in [-0.39, 0.29) is 5.57 Å². The Morgan fingerprint density at radius 2 is 1.71 bits per heavy atom. The SMILES string of the molecule is CCc1ccc(N2C(=O)NC(=O)/C(=C\c3cccn3Cc3cccc(C)c3)C2=O)cc1. The molecule has 1 aromatic heterocycles. The number of imide groups is 2. The van der Waals surface area contributed by atoms with Crippen LogP contribution >= 0.6 is 0 Å². The Morgan fingerprint density at radius 3 is 2.42 bits per heavy atom. The summed E-state index contributed by atoms with van der Waals surface area (Å²) in [6.07, 6.45) is 4.28. The molecule has 4 rings (SSSR count). The fraction of sp³-hybridized carbons (Fsp3) is 0.160. The van der Waals surface area contributed by atoms with Crippen LogP contribution in [0.2, 0.25) is 0 Å². The minimum atomic E-state index is -0.744. The van der Waals surface area contributed by atoms with Gasteiger partial charge in [-0.1, -0.05) is 48.9 Å². The zero-order valence-electron chi connectivity index (χ0n) is 17.5. The van der Waals surface area contributed by atoms with Gasteiger partial charge in [0.1, 0.15) is 5.57 Å². The molecule has 1 fully saturated rings. The highest BCUT2D eigenvalue weighted by Gasteiger charge is 2.36. The molecule has 0 radical (unpaired) electrons. The van der Waals surface area contributed by atoms with Crippen molar-refractivity contribution >= 4 is 29.6 Å². The van der Waals surface area contributed by atoms with E-state index < -0.39 is 17.8 Å². The number of aryl methyl sites for hydroxylation is 2. The number of anilines is 1. The van der Waals surface area contributed by atoms with Crippen LogP contribution in [0.5, 0.6) is 0 Å². The number of nitrogens with one attached hydrogen (secondary N) is 1. The standard InChI is InChI=1S/C25H23N3O3/c1-3-18-9-11-20(12-10-18)28-24(30)22(23(29)26-25(28)31)15-21-8-5-13-27(21)16-19-7-4-6-17(2)14-19/h4-15H,3,16H2,1-2H3,(H,26,29,31)/b22-15+. The molecule has 0 unspecified atom stereocenters. The first-order valence-electron chi connectivity index (χ1n) is 10.2. The van der Waals surface area contributed by atoms with Gasteiger partial charge in [0, 0.05) is 18.4 Å². The van der Waals surface area contributed by atoms with Gasteiger partial charge in [0.15, 0.2) is 0 Å². The highest BCUT2D eigenvalue weighted by molar-refractivity contribution is 6.39. The lowest BCUT2D eigenvalue weighted by molar-refractivity contribution is -0.122. The Labute approximate surface area is 180 Å². The van der Waals surface area contributed by atoms with Crippen LogP contribution in [0.15, 0.2) is 72.4 Å². The normalized spacial score (nSPS) is 15.5. The van der Waals surface area contributed by atoms with Crippen molar-refractivity contribution < 1.29 is 14.4 Å². The number of carbonyl (C=O) groups excluding carboxylic acids is 3. The lowest BCUT2D eigenvalue weighted by Gasteiger charge is -2.26. The topological polar surface area (TPSA) is 71.4 Å². The third kappa shape index (κ3) is 4.19. The van der Waals surface area contributed by atoms with Crippen LogP contribution in [0.25, 0.3) is 6.08 Å². The second-order valence-electron chi connectivity index (χ2n) is 7.53. The van der Waals surface area contributed by atoms with E-state index in [0.717, 1.165) is 28.0 Å². The molecular formula is C25H23N3O3. The molecule has 1 aliphatic heterocycles. The Kier molecular flexibility index (Phi) is 5.54. The van der Waals surface area contributed by atoms with Crippen molar-refractivity contribution in [2.45, 2.75) is 26.8 Å². The highest BCUT2D eigenvalue weighted by Crippen LogP contribution is 2.23. The van der Waals surface area contributed by atoms with Crippen LogP contribution < -0.4 is 10.2 Å². The highest BCUT2D eigenvalue weighted by atomic mass is 16.2. The predicted molar refractivity (Wildman–Crippen MR) is 120 cm³/mol. The summed E-state index contributed by atoms with van der Waals surface area (Å²) in [4.78, 5) is 39.0. The van der Waals surface area contributed by atoms with Crippen LogP contribution in [0.3, 0.4) is 0 Å². The first-order chi connectivity index (χ1) is 15.0. The van der Waals surface area contributed by atoms with Gasteiger partial charge in [0.2, 0.25) is 0 Å². The first kappa shape index (κ1) is 20.3. The Bertz CT molecular complexity index is 1190. The lowest BCUT2D eigenvalue weighted by atomic mass is 10.1. The molecule has 0 saturated carbocycles. The minimum absolute atomic E-state index is 0.0802. The van der Waals surface area contributed by atoms with E-state index in [1.165, 1.54) is 6.08 Å². The average molecular weight is 413 g/mol. The summed E-state index contributed by atoms with van der Waals surface area (Å²) < 4.78 is 1.96. The summed E-state index contributed by atoms with van der Waals surface area (Å²) in [5.41, 5.74) is 4.42. The minimum Gasteiger partial charge on any atom is -0.344 e. The quantitative estimate of drug-likeness (QED) is 0.506. The summed E-state index contributed by atoms with van der Waals surface area (Å²) in [7, 11) is 0. The molecule has 4 amide bonds. The van der Waals surface area contributed by atoms with Gasteiger partial charge in [-0.05, 0) is 54.8 Å². The molecule has 6 heteroatoms. The predicted octanol–water partition coefficient (Wildman–Crippen LogP) is 4.07. The Balaban J connectivity index is 1.65. The summed E-state index contributed by atoms with van der Waals surface area (Å²) in [5.74, 6) is -1.33. The number of nitrogens with zero attached hydrogens (tertiary/aromatic N) is 2. The van der Waals surface area contributed by atoms with E-state index in [9.17, 15) is 14.4 Å². The molecule has 3 aromatic rings. The molecule has 0 bridgehead atoms. The first-order valence-corrected chi connectivity index (χ1v) is 10.2. The van der Waals surface area contributed by atoms with E-state index in [1.807, 2.05) is 67.1 Å². The molecule has 2 aromatic carbocycles. The van der Waals surface area contributed by atoms with Crippen molar-refractivity contribution in [2.75, 3.05) is 4.90 Å². The van der Waals surface area contributed by atoms with E-state index in [1.54, 1.807) is 12.1 Å². The number of hydrogen-bond acceptors (Lipinski definition) is 3. The van der Waals surface area contributed by atoms with Gasteiger partial charge < -0.3 is 4.57 Å². The fourth-order valence-electron chi connectivity index (χ4n) is 3.63. The molecule has 156 valence electrons. The van der Waals surface area contributed by atoms with Crippen molar-refractivity contribution in [3.05, 3.63) is 94.8 Å². The zero-order chi connectivity index (χ0) is 22.0. The molecule has 1 saturated heterocycles. The summed E-state index contributed by atoms with van der Waals surface area (Å²) in [6, 6.07) is 18.3. The summed E-state index contributed by atoms with van der Waals surface area (Å²) >= 11 is 0. The number of rotatable bonds is 5. The van der Waals surface area contributed by atoms with E-state index >= 15 is 0 Å². The molecule has 0 aliphatic carbocycles. The average Bonchev–Trinajstić information content (AvgIpc) is 3.18. The number of urea groups is 1. The number of amides is 4.